The fraction of sp³-hybridized carbons (Fsp3) is 0.643. The van der Waals surface area contributed by atoms with Gasteiger partial charge in [-0.05, 0) is 44.0 Å². The summed E-state index contributed by atoms with van der Waals surface area (Å²) >= 11 is 3.49. The van der Waals surface area contributed by atoms with E-state index in [0.717, 1.165) is 48.6 Å². The zero-order valence-electron chi connectivity index (χ0n) is 21.7. The summed E-state index contributed by atoms with van der Waals surface area (Å²) in [7, 11) is 0. The summed E-state index contributed by atoms with van der Waals surface area (Å²) in [5.41, 5.74) is 1.61. The van der Waals surface area contributed by atoms with Gasteiger partial charge in [-0.1, -0.05) is 60.9 Å². The molecule has 1 unspecified atom stereocenters. The highest BCUT2D eigenvalue weighted by molar-refractivity contribution is 9.09. The average Bonchev–Trinajstić information content (AvgIpc) is 3.15. The number of nitrogens with one attached hydrogen (secondary N) is 1. The molecule has 3 heterocycles. The Bertz CT molecular complexity index is 992. The maximum Gasteiger partial charge on any atom is 0.262 e. The molecular weight excluding hydrogens is 536 g/mol. The van der Waals surface area contributed by atoms with Gasteiger partial charge in [0.25, 0.3) is 11.8 Å². The van der Waals surface area contributed by atoms with Crippen LogP contribution in [0, 0.1) is 0 Å². The average molecular weight is 576 g/mol. The van der Waals surface area contributed by atoms with Crippen molar-refractivity contribution in [3.05, 3.63) is 29.3 Å². The molecule has 3 aliphatic heterocycles. The second kappa shape index (κ2) is 13.5. The van der Waals surface area contributed by atoms with Crippen molar-refractivity contribution in [2.45, 2.75) is 76.7 Å². The molecule has 4 amide bonds. The topological polar surface area (TPSA) is 90.0 Å². The van der Waals surface area contributed by atoms with Crippen molar-refractivity contribution in [2.75, 3.05) is 43.0 Å². The lowest BCUT2D eigenvalue weighted by Gasteiger charge is -2.36. The Morgan fingerprint density at radius 2 is 1.41 bits per heavy atom. The van der Waals surface area contributed by atoms with Crippen LogP contribution in [-0.4, -0.2) is 77.5 Å². The van der Waals surface area contributed by atoms with Crippen molar-refractivity contribution in [3.63, 3.8) is 0 Å². The first-order valence-corrected chi connectivity index (χ1v) is 15.0. The number of amides is 4. The van der Waals surface area contributed by atoms with Crippen LogP contribution in [0.5, 0.6) is 0 Å². The van der Waals surface area contributed by atoms with Crippen LogP contribution in [0.4, 0.5) is 5.69 Å². The molecule has 0 aliphatic carbocycles. The maximum atomic E-state index is 13.1. The van der Waals surface area contributed by atoms with Gasteiger partial charge in [0.05, 0.1) is 11.1 Å². The summed E-state index contributed by atoms with van der Waals surface area (Å²) < 4.78 is 0. The van der Waals surface area contributed by atoms with Crippen LogP contribution in [0.1, 0.15) is 91.3 Å². The lowest BCUT2D eigenvalue weighted by atomic mass is 10.0. The van der Waals surface area contributed by atoms with Crippen LogP contribution in [-0.2, 0) is 9.59 Å². The van der Waals surface area contributed by atoms with E-state index in [1.807, 2.05) is 6.07 Å². The highest BCUT2D eigenvalue weighted by Crippen LogP contribution is 2.31. The molecule has 0 radical (unpaired) electrons. The summed E-state index contributed by atoms with van der Waals surface area (Å²) in [5.74, 6) is -1.86. The normalized spacial score (nSPS) is 20.5. The second-order valence-electron chi connectivity index (χ2n) is 10.4. The lowest BCUT2D eigenvalue weighted by molar-refractivity contribution is -0.136. The van der Waals surface area contributed by atoms with Gasteiger partial charge < -0.3 is 4.90 Å². The third-order valence-corrected chi connectivity index (χ3v) is 8.33. The smallest absolute Gasteiger partial charge is 0.262 e. The number of benzene rings is 1. The number of rotatable bonds is 13. The standard InChI is InChI=1S/C28H39BrN4O4/c29-14-8-6-4-2-1-3-5-7-9-15-31-16-18-32(19-17-31)21-10-11-22-23(20-21)28(37)33(27(22)36)24-12-13-25(34)30-26(24)35/h10-11,20,24H,1-9,12-19H2,(H,30,34,35). The van der Waals surface area contributed by atoms with E-state index in [0.29, 0.717) is 11.1 Å². The van der Waals surface area contributed by atoms with Gasteiger partial charge in [0.2, 0.25) is 11.8 Å². The van der Waals surface area contributed by atoms with E-state index >= 15 is 0 Å². The molecule has 3 aliphatic rings. The minimum absolute atomic E-state index is 0.122. The number of unbranched alkanes of at least 4 members (excludes halogenated alkanes) is 8. The van der Waals surface area contributed by atoms with Crippen LogP contribution in [0.25, 0.3) is 0 Å². The van der Waals surface area contributed by atoms with E-state index in [-0.39, 0.29) is 18.7 Å². The Labute approximate surface area is 228 Å². The van der Waals surface area contributed by atoms with Crippen molar-refractivity contribution in [2.24, 2.45) is 0 Å². The Morgan fingerprint density at radius 3 is 2.05 bits per heavy atom. The SMILES string of the molecule is O=C1CCC(N2C(=O)c3ccc(N4CCN(CCCCCCCCCCCBr)CC4)cc3C2=O)C(=O)N1. The van der Waals surface area contributed by atoms with E-state index < -0.39 is 23.8 Å². The Morgan fingerprint density at radius 1 is 0.784 bits per heavy atom. The summed E-state index contributed by atoms with van der Waals surface area (Å²) in [6.45, 7) is 4.87. The fourth-order valence-electron chi connectivity index (χ4n) is 5.55. The van der Waals surface area contributed by atoms with Gasteiger partial charge in [-0.3, -0.25) is 34.3 Å². The molecule has 1 atom stereocenters. The number of hydrogen-bond donors (Lipinski definition) is 1. The molecule has 0 aromatic heterocycles. The summed E-state index contributed by atoms with van der Waals surface area (Å²) in [6, 6.07) is 4.45. The Hall–Kier alpha value is -2.26. The van der Waals surface area contributed by atoms with Crippen molar-refractivity contribution in [3.8, 4) is 0 Å². The van der Waals surface area contributed by atoms with Gasteiger partial charge in [-0.25, -0.2) is 0 Å². The number of carbonyl (C=O) groups excluding carboxylic acids is 4. The van der Waals surface area contributed by atoms with Crippen LogP contribution in [0.3, 0.4) is 0 Å². The predicted molar refractivity (Wildman–Crippen MR) is 147 cm³/mol. The number of fused-ring (bicyclic) bond motifs is 1. The molecule has 1 aromatic carbocycles. The molecule has 0 spiro atoms. The monoisotopic (exact) mass is 574 g/mol. The first-order chi connectivity index (χ1) is 18.0. The minimum Gasteiger partial charge on any atom is -0.369 e. The van der Waals surface area contributed by atoms with Gasteiger partial charge in [-0.2, -0.15) is 0 Å². The lowest BCUT2D eigenvalue weighted by Crippen LogP contribution is -2.54. The molecular formula is C28H39BrN4O4. The van der Waals surface area contributed by atoms with Gasteiger partial charge in [0.1, 0.15) is 6.04 Å². The fourth-order valence-corrected chi connectivity index (χ4v) is 5.95. The molecule has 37 heavy (non-hydrogen) atoms. The van der Waals surface area contributed by atoms with Crippen LogP contribution >= 0.6 is 15.9 Å². The molecule has 0 saturated carbocycles. The van der Waals surface area contributed by atoms with Crippen molar-refractivity contribution in [1.29, 1.82) is 0 Å². The summed E-state index contributed by atoms with van der Waals surface area (Å²) in [5, 5.41) is 3.36. The molecule has 9 heteroatoms. The first-order valence-electron chi connectivity index (χ1n) is 13.9. The van der Waals surface area contributed by atoms with Crippen molar-refractivity contribution >= 4 is 45.2 Å². The molecule has 2 fully saturated rings. The highest BCUT2D eigenvalue weighted by Gasteiger charge is 2.44. The molecule has 8 nitrogen and oxygen atoms in total. The van der Waals surface area contributed by atoms with Gasteiger partial charge in [0.15, 0.2) is 0 Å². The number of nitrogens with zero attached hydrogens (tertiary/aromatic N) is 3. The van der Waals surface area contributed by atoms with Gasteiger partial charge >= 0.3 is 0 Å². The predicted octanol–water partition coefficient (Wildman–Crippen LogP) is 4.12. The number of hydrogen-bond acceptors (Lipinski definition) is 6. The zero-order valence-corrected chi connectivity index (χ0v) is 23.3. The third-order valence-electron chi connectivity index (χ3n) is 7.77. The van der Waals surface area contributed by atoms with E-state index in [1.54, 1.807) is 12.1 Å². The van der Waals surface area contributed by atoms with Crippen molar-refractivity contribution < 1.29 is 19.2 Å². The number of imide groups is 2. The Balaban J connectivity index is 1.20. The second-order valence-corrected chi connectivity index (χ2v) is 11.2. The van der Waals surface area contributed by atoms with Crippen LogP contribution in [0.2, 0.25) is 0 Å². The minimum atomic E-state index is -0.929. The van der Waals surface area contributed by atoms with E-state index in [2.05, 4.69) is 31.0 Å². The number of carbonyl (C=O) groups is 4. The number of piperazine rings is 1. The molecule has 202 valence electrons. The number of halogens is 1. The van der Waals surface area contributed by atoms with Crippen LogP contribution in [0.15, 0.2) is 18.2 Å². The highest BCUT2D eigenvalue weighted by atomic mass is 79.9. The zero-order chi connectivity index (χ0) is 26.2. The molecule has 1 aromatic rings. The molecule has 4 rings (SSSR count). The van der Waals surface area contributed by atoms with Gasteiger partial charge in [0, 0.05) is 43.6 Å². The number of piperidine rings is 1. The van der Waals surface area contributed by atoms with Gasteiger partial charge in [-0.15, -0.1) is 0 Å². The van der Waals surface area contributed by atoms with E-state index in [9.17, 15) is 19.2 Å². The van der Waals surface area contributed by atoms with Crippen LogP contribution < -0.4 is 10.2 Å². The maximum absolute atomic E-state index is 13.1. The summed E-state index contributed by atoms with van der Waals surface area (Å²) in [6.07, 6.45) is 12.2. The first kappa shape index (κ1) is 27.8. The summed E-state index contributed by atoms with van der Waals surface area (Å²) in [4.78, 5) is 55.6. The molecule has 2 saturated heterocycles. The van der Waals surface area contributed by atoms with Crippen molar-refractivity contribution in [1.82, 2.24) is 15.1 Å². The number of alkyl halides is 1. The molecule has 1 N–H and O–H groups in total. The quantitative estimate of drug-likeness (QED) is 0.216. The third kappa shape index (κ3) is 6.99. The Kier molecular flexibility index (Phi) is 10.1. The molecule has 0 bridgehead atoms. The van der Waals surface area contributed by atoms with E-state index in [4.69, 9.17) is 0 Å². The number of anilines is 1. The van der Waals surface area contributed by atoms with E-state index in [1.165, 1.54) is 57.8 Å². The largest absolute Gasteiger partial charge is 0.369 e.